The lowest BCUT2D eigenvalue weighted by Gasteiger charge is -2.34. The van der Waals surface area contributed by atoms with E-state index in [-0.39, 0.29) is 0 Å². The van der Waals surface area contributed by atoms with Crippen LogP contribution >= 0.6 is 11.3 Å². The van der Waals surface area contributed by atoms with Crippen molar-refractivity contribution in [3.8, 4) is 0 Å². The van der Waals surface area contributed by atoms with Gasteiger partial charge in [-0.05, 0) is 39.1 Å². The molecule has 0 spiro atoms. The highest BCUT2D eigenvalue weighted by Crippen LogP contribution is 2.45. The van der Waals surface area contributed by atoms with Gasteiger partial charge in [0, 0.05) is 36.8 Å². The van der Waals surface area contributed by atoms with Crippen molar-refractivity contribution in [1.82, 2.24) is 9.80 Å². The molecule has 0 atom stereocenters. The first-order valence-electron chi connectivity index (χ1n) is 8.72. The van der Waals surface area contributed by atoms with Crippen molar-refractivity contribution in [2.75, 3.05) is 38.1 Å². The van der Waals surface area contributed by atoms with Gasteiger partial charge in [-0.3, -0.25) is 0 Å². The molecule has 4 rings (SSSR count). The summed E-state index contributed by atoms with van der Waals surface area (Å²) in [6, 6.07) is 10.7. The molecule has 2 aliphatic rings. The quantitative estimate of drug-likeness (QED) is 0.761. The normalized spacial score (nSPS) is 17.6. The Bertz CT molecular complexity index is 843. The van der Waals surface area contributed by atoms with E-state index in [1.54, 1.807) is 0 Å². The number of nitrogens with zero attached hydrogens (tertiary/aromatic N) is 4. The molecule has 4 nitrogen and oxygen atoms in total. The zero-order chi connectivity index (χ0) is 17.6. The molecule has 0 amide bonds. The second kappa shape index (κ2) is 6.32. The third-order valence-corrected chi connectivity index (χ3v) is 5.85. The highest BCUT2D eigenvalue weighted by atomic mass is 32.1. The Morgan fingerprint density at radius 2 is 1.88 bits per heavy atom. The van der Waals surface area contributed by atoms with Crippen molar-refractivity contribution >= 4 is 33.5 Å². The monoisotopic (exact) mass is 352 g/mol. The Kier molecular flexibility index (Phi) is 4.13. The van der Waals surface area contributed by atoms with E-state index in [2.05, 4.69) is 72.5 Å². The molecule has 5 heteroatoms. The van der Waals surface area contributed by atoms with Gasteiger partial charge in [0.05, 0.1) is 16.9 Å². The van der Waals surface area contributed by atoms with Crippen LogP contribution in [0.15, 0.2) is 47.6 Å². The van der Waals surface area contributed by atoms with E-state index in [1.807, 2.05) is 11.3 Å². The molecule has 3 heterocycles. The minimum atomic E-state index is 1.01. The average Bonchev–Trinajstić information content (AvgIpc) is 2.89. The lowest BCUT2D eigenvalue weighted by Crippen LogP contribution is -2.47. The Hall–Kier alpha value is -2.11. The molecule has 0 N–H and O–H groups in total. The van der Waals surface area contributed by atoms with Crippen molar-refractivity contribution in [2.24, 2.45) is 4.99 Å². The Morgan fingerprint density at radius 3 is 2.60 bits per heavy atom. The SMILES string of the molecule is C=C(C)N1c2ccccc2N=C(N2CCN(C)CC2)c2cc(C)sc21. The maximum absolute atomic E-state index is 5.12. The van der Waals surface area contributed by atoms with Crippen molar-refractivity contribution in [3.63, 3.8) is 0 Å². The number of hydrogen-bond acceptors (Lipinski definition) is 5. The molecule has 1 aromatic carbocycles. The molecule has 2 aromatic rings. The van der Waals surface area contributed by atoms with E-state index in [9.17, 15) is 0 Å². The van der Waals surface area contributed by atoms with Crippen LogP contribution in [0.3, 0.4) is 0 Å². The Morgan fingerprint density at radius 1 is 1.16 bits per heavy atom. The van der Waals surface area contributed by atoms with Crippen molar-refractivity contribution in [3.05, 3.63) is 53.0 Å². The highest BCUT2D eigenvalue weighted by molar-refractivity contribution is 7.16. The fraction of sp³-hybridized carbons (Fsp3) is 0.350. The summed E-state index contributed by atoms with van der Waals surface area (Å²) in [6.45, 7) is 12.6. The van der Waals surface area contributed by atoms with Gasteiger partial charge < -0.3 is 14.7 Å². The number of likely N-dealkylation sites (N-methyl/N-ethyl adjacent to an activating group) is 1. The van der Waals surface area contributed by atoms with Crippen LogP contribution in [-0.2, 0) is 0 Å². The van der Waals surface area contributed by atoms with Crippen LogP contribution in [-0.4, -0.2) is 48.9 Å². The number of aryl methyl sites for hydroxylation is 1. The number of thiophene rings is 1. The van der Waals surface area contributed by atoms with Gasteiger partial charge in [-0.25, -0.2) is 4.99 Å². The molecule has 1 aromatic heterocycles. The van der Waals surface area contributed by atoms with Gasteiger partial charge in [0.15, 0.2) is 0 Å². The summed E-state index contributed by atoms with van der Waals surface area (Å²) >= 11 is 1.82. The van der Waals surface area contributed by atoms with Gasteiger partial charge in [0.25, 0.3) is 0 Å². The van der Waals surface area contributed by atoms with E-state index in [0.29, 0.717) is 0 Å². The Balaban J connectivity index is 1.90. The van der Waals surface area contributed by atoms with Crippen molar-refractivity contribution < 1.29 is 0 Å². The highest BCUT2D eigenvalue weighted by Gasteiger charge is 2.29. The summed E-state index contributed by atoms with van der Waals surface area (Å²) < 4.78 is 0. The molecule has 0 unspecified atom stereocenters. The second-order valence-corrected chi connectivity index (χ2v) is 8.10. The zero-order valence-electron chi connectivity index (χ0n) is 15.1. The fourth-order valence-corrected chi connectivity index (χ4v) is 4.59. The number of rotatable bonds is 1. The van der Waals surface area contributed by atoms with Crippen LogP contribution in [0.1, 0.15) is 17.4 Å². The van der Waals surface area contributed by atoms with Gasteiger partial charge in [-0.15, -0.1) is 11.3 Å². The summed E-state index contributed by atoms with van der Waals surface area (Å²) in [5.41, 5.74) is 4.37. The topological polar surface area (TPSA) is 22.1 Å². The summed E-state index contributed by atoms with van der Waals surface area (Å²) in [5, 5.41) is 1.23. The number of hydrogen-bond donors (Lipinski definition) is 0. The molecule has 1 saturated heterocycles. The van der Waals surface area contributed by atoms with Crippen LogP contribution in [0, 0.1) is 6.92 Å². The van der Waals surface area contributed by atoms with E-state index >= 15 is 0 Å². The molecule has 0 radical (unpaired) electrons. The lowest BCUT2D eigenvalue weighted by molar-refractivity contribution is 0.216. The first kappa shape index (κ1) is 16.4. The van der Waals surface area contributed by atoms with Gasteiger partial charge in [0.2, 0.25) is 0 Å². The maximum Gasteiger partial charge on any atom is 0.139 e. The molecular formula is C20H24N4S. The second-order valence-electron chi connectivity index (χ2n) is 6.86. The largest absolute Gasteiger partial charge is 0.353 e. The number of anilines is 2. The number of amidine groups is 1. The number of allylic oxidation sites excluding steroid dienone is 1. The zero-order valence-corrected chi connectivity index (χ0v) is 15.9. The standard InChI is InChI=1S/C20H24N4S/c1-14(2)24-18-8-6-5-7-17(18)21-19(16-13-15(3)25-20(16)24)23-11-9-22(4)10-12-23/h5-8,13H,1,9-12H2,2-4H3. The molecule has 130 valence electrons. The van der Waals surface area contributed by atoms with Crippen LogP contribution in [0.4, 0.5) is 16.4 Å². The molecule has 2 aliphatic heterocycles. The van der Waals surface area contributed by atoms with Gasteiger partial charge >= 0.3 is 0 Å². The first-order chi connectivity index (χ1) is 12.0. The van der Waals surface area contributed by atoms with Crippen LogP contribution < -0.4 is 4.90 Å². The van der Waals surface area contributed by atoms with Crippen molar-refractivity contribution in [2.45, 2.75) is 13.8 Å². The average molecular weight is 353 g/mol. The first-order valence-corrected chi connectivity index (χ1v) is 9.54. The van der Waals surface area contributed by atoms with E-state index in [0.717, 1.165) is 49.1 Å². The third-order valence-electron chi connectivity index (χ3n) is 4.81. The fourth-order valence-electron chi connectivity index (χ4n) is 3.50. The van der Waals surface area contributed by atoms with Crippen LogP contribution in [0.2, 0.25) is 0 Å². The van der Waals surface area contributed by atoms with Crippen LogP contribution in [0.25, 0.3) is 0 Å². The summed E-state index contributed by atoms with van der Waals surface area (Å²) in [5.74, 6) is 1.10. The van der Waals surface area contributed by atoms with Crippen molar-refractivity contribution in [1.29, 1.82) is 0 Å². The van der Waals surface area contributed by atoms with Gasteiger partial charge in [0.1, 0.15) is 10.8 Å². The number of benzene rings is 1. The summed E-state index contributed by atoms with van der Waals surface area (Å²) in [6.07, 6.45) is 0. The number of aliphatic imine (C=N–C) groups is 1. The molecule has 0 aliphatic carbocycles. The summed E-state index contributed by atoms with van der Waals surface area (Å²) in [7, 11) is 2.19. The number of para-hydroxylation sites is 2. The molecule has 1 fully saturated rings. The third kappa shape index (κ3) is 2.87. The van der Waals surface area contributed by atoms with Gasteiger partial charge in [-0.1, -0.05) is 18.7 Å². The van der Waals surface area contributed by atoms with Crippen LogP contribution in [0.5, 0.6) is 0 Å². The minimum Gasteiger partial charge on any atom is -0.353 e. The maximum atomic E-state index is 5.12. The number of piperazine rings is 1. The lowest BCUT2D eigenvalue weighted by atomic mass is 10.2. The minimum absolute atomic E-state index is 1.01. The predicted octanol–water partition coefficient (Wildman–Crippen LogP) is 4.37. The molecule has 0 saturated carbocycles. The van der Waals surface area contributed by atoms with E-state index < -0.39 is 0 Å². The van der Waals surface area contributed by atoms with E-state index in [4.69, 9.17) is 4.99 Å². The molecule has 25 heavy (non-hydrogen) atoms. The molecular weight excluding hydrogens is 328 g/mol. The Labute approximate surface area is 153 Å². The summed E-state index contributed by atoms with van der Waals surface area (Å²) in [4.78, 5) is 13.5. The number of fused-ring (bicyclic) bond motifs is 2. The smallest absolute Gasteiger partial charge is 0.139 e. The molecule has 0 bridgehead atoms. The predicted molar refractivity (Wildman–Crippen MR) is 108 cm³/mol. The van der Waals surface area contributed by atoms with E-state index in [1.165, 1.54) is 15.4 Å². The van der Waals surface area contributed by atoms with Gasteiger partial charge in [-0.2, -0.15) is 0 Å².